The van der Waals surface area contributed by atoms with Crippen molar-refractivity contribution in [3.05, 3.63) is 34.6 Å². The number of carbonyl (C=O) groups is 1. The summed E-state index contributed by atoms with van der Waals surface area (Å²) in [7, 11) is 1.72. The van der Waals surface area contributed by atoms with Gasteiger partial charge in [0, 0.05) is 5.92 Å². The summed E-state index contributed by atoms with van der Waals surface area (Å²) in [5, 5.41) is 29.8. The van der Waals surface area contributed by atoms with E-state index in [1.54, 1.807) is 14.0 Å². The highest BCUT2D eigenvalue weighted by Crippen LogP contribution is 2.33. The van der Waals surface area contributed by atoms with Crippen LogP contribution in [0.1, 0.15) is 106 Å². The molecule has 0 spiro atoms. The summed E-state index contributed by atoms with van der Waals surface area (Å²) < 4.78 is 5.63. The lowest BCUT2D eigenvalue weighted by molar-refractivity contribution is -0.141. The highest BCUT2D eigenvalue weighted by atomic mass is 16.5. The Kier molecular flexibility index (Phi) is 13.2. The second kappa shape index (κ2) is 14.7. The van der Waals surface area contributed by atoms with Crippen molar-refractivity contribution in [1.82, 2.24) is 0 Å². The molecule has 1 aliphatic rings. The van der Waals surface area contributed by atoms with Gasteiger partial charge in [-0.05, 0) is 102 Å². The first-order valence-corrected chi connectivity index (χ1v) is 13.1. The van der Waals surface area contributed by atoms with E-state index in [-0.39, 0.29) is 11.8 Å². The number of carboxylic acids is 1. The van der Waals surface area contributed by atoms with Crippen molar-refractivity contribution in [1.29, 1.82) is 0 Å². The van der Waals surface area contributed by atoms with Crippen molar-refractivity contribution < 1.29 is 24.9 Å². The molecule has 3 N–H and O–H groups in total. The molecule has 0 aromatic heterocycles. The van der Waals surface area contributed by atoms with Crippen LogP contribution < -0.4 is 0 Å². The molecule has 0 heterocycles. The normalized spacial score (nSPS) is 22.7. The van der Waals surface area contributed by atoms with Crippen molar-refractivity contribution in [2.75, 3.05) is 7.11 Å². The number of hydrogen-bond acceptors (Lipinski definition) is 4. The molecule has 5 atom stereocenters. The number of aliphatic hydroxyl groups is 2. The highest BCUT2D eigenvalue weighted by molar-refractivity contribution is 5.69. The minimum atomic E-state index is -0.765. The van der Waals surface area contributed by atoms with Crippen molar-refractivity contribution in [2.24, 2.45) is 17.8 Å². The van der Waals surface area contributed by atoms with Crippen molar-refractivity contribution >= 4 is 5.97 Å². The number of carboxylic acid groups (broad SMARTS) is 1. The van der Waals surface area contributed by atoms with Crippen LogP contribution in [-0.2, 0) is 9.53 Å². The van der Waals surface area contributed by atoms with Crippen LogP contribution in [0, 0.1) is 17.8 Å². The van der Waals surface area contributed by atoms with Crippen LogP contribution in [0.5, 0.6) is 0 Å². The number of allylic oxidation sites excluding steroid dienone is 3. The molecule has 0 aromatic carbocycles. The number of aliphatic hydroxyl groups excluding tert-OH is 1. The SMILES string of the molecule is COC1=C(C)C(C)C(O)C=C1CCC(C)CCC/C(C)=C/CCC(C)(O)CCCC(C)C(=O)O. The van der Waals surface area contributed by atoms with Crippen LogP contribution in [0.25, 0.3) is 0 Å². The molecule has 0 bridgehead atoms. The van der Waals surface area contributed by atoms with Crippen molar-refractivity contribution in [3.8, 4) is 0 Å². The molecule has 0 amide bonds. The Morgan fingerprint density at radius 3 is 2.50 bits per heavy atom. The quantitative estimate of drug-likeness (QED) is 0.212. The molecule has 196 valence electrons. The first kappa shape index (κ1) is 30.4. The van der Waals surface area contributed by atoms with E-state index in [1.165, 1.54) is 12.0 Å². The zero-order valence-corrected chi connectivity index (χ0v) is 22.7. The fraction of sp³-hybridized carbons (Fsp3) is 0.759. The molecule has 34 heavy (non-hydrogen) atoms. The molecule has 5 unspecified atom stereocenters. The molecule has 0 saturated carbocycles. The van der Waals surface area contributed by atoms with E-state index in [1.807, 2.05) is 19.9 Å². The van der Waals surface area contributed by atoms with Crippen LogP contribution in [0.2, 0.25) is 0 Å². The van der Waals surface area contributed by atoms with Gasteiger partial charge in [0.1, 0.15) is 5.76 Å². The second-order valence-electron chi connectivity index (χ2n) is 10.9. The van der Waals surface area contributed by atoms with Crippen LogP contribution in [0.4, 0.5) is 0 Å². The predicted molar refractivity (Wildman–Crippen MR) is 139 cm³/mol. The molecule has 0 aromatic rings. The van der Waals surface area contributed by atoms with Gasteiger partial charge in [0.2, 0.25) is 0 Å². The van der Waals surface area contributed by atoms with E-state index >= 15 is 0 Å². The van der Waals surface area contributed by atoms with E-state index in [9.17, 15) is 15.0 Å². The minimum absolute atomic E-state index is 0.107. The number of methoxy groups -OCH3 is 1. The Morgan fingerprint density at radius 2 is 1.88 bits per heavy atom. The van der Waals surface area contributed by atoms with E-state index in [0.717, 1.165) is 55.4 Å². The molecule has 1 aliphatic carbocycles. The van der Waals surface area contributed by atoms with Crippen LogP contribution in [0.3, 0.4) is 0 Å². The highest BCUT2D eigenvalue weighted by Gasteiger charge is 2.26. The first-order chi connectivity index (χ1) is 15.9. The summed E-state index contributed by atoms with van der Waals surface area (Å²) in [5.41, 5.74) is 2.90. The molecule has 5 nitrogen and oxygen atoms in total. The first-order valence-electron chi connectivity index (χ1n) is 13.1. The summed E-state index contributed by atoms with van der Waals surface area (Å²) in [4.78, 5) is 10.9. The summed E-state index contributed by atoms with van der Waals surface area (Å²) in [6, 6.07) is 0. The average Bonchev–Trinajstić information content (AvgIpc) is 2.75. The average molecular weight is 479 g/mol. The van der Waals surface area contributed by atoms with Gasteiger partial charge in [0.25, 0.3) is 0 Å². The standard InChI is InChI=1S/C29H50O5/c1-20(13-9-17-29(6,33)18-10-14-22(3)28(31)32)11-8-12-21(2)15-16-25-19-26(30)23(4)24(5)27(25)34-7/h13,19,21-23,26,30,33H,8-12,14-18H2,1-7H3,(H,31,32)/b20-13+. The van der Waals surface area contributed by atoms with Gasteiger partial charge in [-0.2, -0.15) is 0 Å². The number of aliphatic carboxylic acids is 1. The van der Waals surface area contributed by atoms with Gasteiger partial charge in [0.15, 0.2) is 0 Å². The predicted octanol–water partition coefficient (Wildman–Crippen LogP) is 6.80. The van der Waals surface area contributed by atoms with Gasteiger partial charge in [-0.25, -0.2) is 0 Å². The lowest BCUT2D eigenvalue weighted by Gasteiger charge is -2.28. The third kappa shape index (κ3) is 10.8. The molecule has 0 radical (unpaired) electrons. The molecule has 0 aliphatic heterocycles. The smallest absolute Gasteiger partial charge is 0.306 e. The molecule has 0 fully saturated rings. The lowest BCUT2D eigenvalue weighted by Crippen LogP contribution is -2.24. The summed E-state index contributed by atoms with van der Waals surface area (Å²) >= 11 is 0. The fourth-order valence-electron chi connectivity index (χ4n) is 4.68. The van der Waals surface area contributed by atoms with Gasteiger partial charge >= 0.3 is 5.97 Å². The Morgan fingerprint density at radius 1 is 1.21 bits per heavy atom. The molecule has 5 heteroatoms. The van der Waals surface area contributed by atoms with Crippen LogP contribution in [-0.4, -0.2) is 40.1 Å². The molecule has 0 saturated heterocycles. The fourth-order valence-corrected chi connectivity index (χ4v) is 4.68. The van der Waals surface area contributed by atoms with Gasteiger partial charge in [-0.3, -0.25) is 4.79 Å². The number of ether oxygens (including phenoxy) is 1. The maximum absolute atomic E-state index is 10.9. The minimum Gasteiger partial charge on any atom is -0.497 e. The Bertz CT molecular complexity index is 731. The topological polar surface area (TPSA) is 87.0 Å². The number of rotatable bonds is 16. The third-order valence-electron chi connectivity index (χ3n) is 7.55. The Hall–Kier alpha value is -1.59. The second-order valence-corrected chi connectivity index (χ2v) is 10.9. The van der Waals surface area contributed by atoms with Gasteiger partial charge in [0.05, 0.1) is 24.7 Å². The molecule has 1 rings (SSSR count). The van der Waals surface area contributed by atoms with E-state index < -0.39 is 17.7 Å². The number of hydrogen-bond donors (Lipinski definition) is 3. The van der Waals surface area contributed by atoms with Gasteiger partial charge in [-0.1, -0.05) is 38.8 Å². The summed E-state index contributed by atoms with van der Waals surface area (Å²) in [5.74, 6) is 0.556. The maximum atomic E-state index is 10.9. The van der Waals surface area contributed by atoms with Crippen LogP contribution in [0.15, 0.2) is 34.6 Å². The van der Waals surface area contributed by atoms with Crippen LogP contribution >= 0.6 is 0 Å². The maximum Gasteiger partial charge on any atom is 0.306 e. The Labute approximate surface area is 208 Å². The Balaban J connectivity index is 2.32. The summed E-state index contributed by atoms with van der Waals surface area (Å²) in [6.07, 6.45) is 12.7. The van der Waals surface area contributed by atoms with Crippen molar-refractivity contribution in [3.63, 3.8) is 0 Å². The molecular formula is C29H50O5. The zero-order valence-electron chi connectivity index (χ0n) is 22.7. The van der Waals surface area contributed by atoms with E-state index in [4.69, 9.17) is 9.84 Å². The monoisotopic (exact) mass is 478 g/mol. The third-order valence-corrected chi connectivity index (χ3v) is 7.55. The van der Waals surface area contributed by atoms with E-state index in [0.29, 0.717) is 25.2 Å². The van der Waals surface area contributed by atoms with Gasteiger partial charge < -0.3 is 20.1 Å². The zero-order chi connectivity index (χ0) is 25.9. The molecular weight excluding hydrogens is 428 g/mol. The summed E-state index contributed by atoms with van der Waals surface area (Å²) in [6.45, 7) is 12.1. The largest absolute Gasteiger partial charge is 0.497 e. The van der Waals surface area contributed by atoms with Gasteiger partial charge in [-0.15, -0.1) is 0 Å². The lowest BCUT2D eigenvalue weighted by atomic mass is 9.84. The van der Waals surface area contributed by atoms with Crippen molar-refractivity contribution in [2.45, 2.75) is 117 Å². The van der Waals surface area contributed by atoms with E-state index in [2.05, 4.69) is 26.8 Å².